The number of fused-ring (bicyclic) bond motifs is 1. The third-order valence-electron chi connectivity index (χ3n) is 3.83. The van der Waals surface area contributed by atoms with E-state index in [9.17, 15) is 4.79 Å². The number of ether oxygens (including phenoxy) is 1. The van der Waals surface area contributed by atoms with Crippen LogP contribution in [0.25, 0.3) is 11.0 Å². The Morgan fingerprint density at radius 3 is 2.88 bits per heavy atom. The second-order valence-corrected chi connectivity index (χ2v) is 6.79. The van der Waals surface area contributed by atoms with Gasteiger partial charge in [-0.3, -0.25) is 4.79 Å². The van der Waals surface area contributed by atoms with Gasteiger partial charge in [-0.2, -0.15) is 0 Å². The number of hydrogen-bond acceptors (Lipinski definition) is 5. The first-order valence-electron chi connectivity index (χ1n) is 8.02. The SMILES string of the molecule is Nc1nc2[nH]ccc2cc1C(=O)NCc1ccc(Oc2ccccc2)s1. The molecule has 4 rings (SSSR count). The molecule has 4 aromatic rings. The van der Waals surface area contributed by atoms with Gasteiger partial charge in [0.1, 0.15) is 17.2 Å². The number of thiophene rings is 1. The molecule has 0 saturated heterocycles. The largest absolute Gasteiger partial charge is 0.447 e. The van der Waals surface area contributed by atoms with E-state index in [1.165, 1.54) is 11.3 Å². The maximum absolute atomic E-state index is 12.4. The van der Waals surface area contributed by atoms with Crippen LogP contribution in [0.4, 0.5) is 5.82 Å². The van der Waals surface area contributed by atoms with Crippen molar-refractivity contribution in [1.82, 2.24) is 15.3 Å². The Morgan fingerprint density at radius 2 is 2.04 bits per heavy atom. The van der Waals surface area contributed by atoms with Crippen molar-refractivity contribution in [3.63, 3.8) is 0 Å². The summed E-state index contributed by atoms with van der Waals surface area (Å²) in [6, 6.07) is 17.0. The molecule has 0 radical (unpaired) electrons. The number of rotatable bonds is 5. The number of carbonyl (C=O) groups excluding carboxylic acids is 1. The smallest absolute Gasteiger partial charge is 0.255 e. The molecule has 3 heterocycles. The Morgan fingerprint density at radius 1 is 1.19 bits per heavy atom. The summed E-state index contributed by atoms with van der Waals surface area (Å²) in [6.45, 7) is 0.395. The minimum Gasteiger partial charge on any atom is -0.447 e. The summed E-state index contributed by atoms with van der Waals surface area (Å²) in [7, 11) is 0. The molecule has 0 aliphatic rings. The van der Waals surface area contributed by atoms with E-state index in [1.807, 2.05) is 48.5 Å². The third kappa shape index (κ3) is 3.38. The number of para-hydroxylation sites is 1. The van der Waals surface area contributed by atoms with E-state index in [0.717, 1.165) is 21.1 Å². The molecule has 0 saturated carbocycles. The number of benzene rings is 1. The predicted octanol–water partition coefficient (Wildman–Crippen LogP) is 3.93. The van der Waals surface area contributed by atoms with Crippen molar-refractivity contribution >= 4 is 34.1 Å². The fourth-order valence-corrected chi connectivity index (χ4v) is 3.37. The molecular formula is C19H16N4O2S. The van der Waals surface area contributed by atoms with Crippen LogP contribution >= 0.6 is 11.3 Å². The van der Waals surface area contributed by atoms with Gasteiger partial charge in [-0.25, -0.2) is 4.98 Å². The van der Waals surface area contributed by atoms with Crippen LogP contribution in [0.3, 0.4) is 0 Å². The molecule has 6 nitrogen and oxygen atoms in total. The lowest BCUT2D eigenvalue weighted by Crippen LogP contribution is -2.23. The zero-order chi connectivity index (χ0) is 17.9. The number of nitrogens with zero attached hydrogens (tertiary/aromatic N) is 1. The Labute approximate surface area is 153 Å². The number of amides is 1. The number of pyridine rings is 1. The molecule has 7 heteroatoms. The highest BCUT2D eigenvalue weighted by Gasteiger charge is 2.13. The molecule has 1 aromatic carbocycles. The van der Waals surface area contributed by atoms with Crippen LogP contribution in [0.15, 0.2) is 60.8 Å². The number of anilines is 1. The fraction of sp³-hybridized carbons (Fsp3) is 0.0526. The van der Waals surface area contributed by atoms with Gasteiger partial charge in [0, 0.05) is 16.5 Å². The van der Waals surface area contributed by atoms with Gasteiger partial charge in [0.05, 0.1) is 12.1 Å². The van der Waals surface area contributed by atoms with E-state index in [2.05, 4.69) is 15.3 Å². The average Bonchev–Trinajstić information content (AvgIpc) is 3.28. The molecular weight excluding hydrogens is 348 g/mol. The first kappa shape index (κ1) is 16.2. The molecule has 0 bridgehead atoms. The average molecular weight is 364 g/mol. The lowest BCUT2D eigenvalue weighted by atomic mass is 10.2. The van der Waals surface area contributed by atoms with Crippen molar-refractivity contribution < 1.29 is 9.53 Å². The van der Waals surface area contributed by atoms with Gasteiger partial charge in [0.15, 0.2) is 5.06 Å². The molecule has 0 atom stereocenters. The fourth-order valence-electron chi connectivity index (χ4n) is 2.55. The molecule has 0 fully saturated rings. The molecule has 0 spiro atoms. The number of nitrogens with one attached hydrogen (secondary N) is 2. The maximum atomic E-state index is 12.4. The summed E-state index contributed by atoms with van der Waals surface area (Å²) < 4.78 is 5.78. The van der Waals surface area contributed by atoms with E-state index < -0.39 is 0 Å². The highest BCUT2D eigenvalue weighted by Crippen LogP contribution is 2.29. The van der Waals surface area contributed by atoms with Crippen LogP contribution in [0.1, 0.15) is 15.2 Å². The van der Waals surface area contributed by atoms with Crippen molar-refractivity contribution in [2.45, 2.75) is 6.54 Å². The van der Waals surface area contributed by atoms with Gasteiger partial charge in [-0.05, 0) is 36.4 Å². The van der Waals surface area contributed by atoms with Crippen LogP contribution in [0.5, 0.6) is 10.8 Å². The predicted molar refractivity (Wildman–Crippen MR) is 103 cm³/mol. The van der Waals surface area contributed by atoms with E-state index in [-0.39, 0.29) is 11.7 Å². The van der Waals surface area contributed by atoms with Gasteiger partial charge < -0.3 is 20.8 Å². The first-order chi connectivity index (χ1) is 12.7. The highest BCUT2D eigenvalue weighted by atomic mass is 32.1. The van der Waals surface area contributed by atoms with Gasteiger partial charge in [0.2, 0.25) is 0 Å². The molecule has 26 heavy (non-hydrogen) atoms. The number of H-pyrrole nitrogens is 1. The van der Waals surface area contributed by atoms with Crippen molar-refractivity contribution in [3.8, 4) is 10.8 Å². The number of aromatic nitrogens is 2. The summed E-state index contributed by atoms with van der Waals surface area (Å²) in [4.78, 5) is 20.6. The summed E-state index contributed by atoms with van der Waals surface area (Å²) in [5, 5.41) is 4.50. The molecule has 0 aliphatic carbocycles. The quantitative estimate of drug-likeness (QED) is 0.500. The third-order valence-corrected chi connectivity index (χ3v) is 4.79. The van der Waals surface area contributed by atoms with Crippen LogP contribution in [-0.4, -0.2) is 15.9 Å². The van der Waals surface area contributed by atoms with Crippen molar-refractivity contribution in [3.05, 3.63) is 71.2 Å². The Bertz CT molecular complexity index is 1060. The van der Waals surface area contributed by atoms with Crippen LogP contribution in [-0.2, 0) is 6.54 Å². The van der Waals surface area contributed by atoms with Crippen molar-refractivity contribution in [2.75, 3.05) is 5.73 Å². The monoisotopic (exact) mass is 364 g/mol. The number of nitrogens with two attached hydrogens (primary N) is 1. The number of nitrogen functional groups attached to an aromatic ring is 1. The minimum atomic E-state index is -0.253. The van der Waals surface area contributed by atoms with E-state index >= 15 is 0 Å². The van der Waals surface area contributed by atoms with Crippen molar-refractivity contribution in [2.24, 2.45) is 0 Å². The second kappa shape index (κ2) is 6.89. The number of aromatic amines is 1. The minimum absolute atomic E-state index is 0.205. The van der Waals surface area contributed by atoms with Gasteiger partial charge in [0.25, 0.3) is 5.91 Å². The summed E-state index contributed by atoms with van der Waals surface area (Å²) in [5.74, 6) is 0.734. The standard InChI is InChI=1S/C19H16N4O2S/c20-17-15(10-12-8-9-21-18(12)23-17)19(24)22-11-14-6-7-16(26-14)25-13-4-2-1-3-5-13/h1-10H,11H2,(H,22,24)(H3,20,21,23). The van der Waals surface area contributed by atoms with Gasteiger partial charge in [-0.15, -0.1) is 11.3 Å². The summed E-state index contributed by atoms with van der Waals surface area (Å²) in [6.07, 6.45) is 1.76. The summed E-state index contributed by atoms with van der Waals surface area (Å²) in [5.41, 5.74) is 6.93. The van der Waals surface area contributed by atoms with E-state index in [1.54, 1.807) is 12.3 Å². The zero-order valence-electron chi connectivity index (χ0n) is 13.7. The normalized spacial score (nSPS) is 10.8. The van der Waals surface area contributed by atoms with Crippen LogP contribution < -0.4 is 15.8 Å². The zero-order valence-corrected chi connectivity index (χ0v) is 14.5. The molecule has 0 unspecified atom stereocenters. The lowest BCUT2D eigenvalue weighted by molar-refractivity contribution is 0.0952. The van der Waals surface area contributed by atoms with Gasteiger partial charge >= 0.3 is 0 Å². The maximum Gasteiger partial charge on any atom is 0.255 e. The molecule has 0 aliphatic heterocycles. The first-order valence-corrected chi connectivity index (χ1v) is 8.84. The molecule has 130 valence electrons. The molecule has 3 aromatic heterocycles. The highest BCUT2D eigenvalue weighted by molar-refractivity contribution is 7.13. The van der Waals surface area contributed by atoms with E-state index in [4.69, 9.17) is 10.5 Å². The van der Waals surface area contributed by atoms with Crippen LogP contribution in [0, 0.1) is 0 Å². The number of carbonyl (C=O) groups is 1. The topological polar surface area (TPSA) is 93.0 Å². The van der Waals surface area contributed by atoms with Crippen LogP contribution in [0.2, 0.25) is 0 Å². The Hall–Kier alpha value is -3.32. The van der Waals surface area contributed by atoms with Gasteiger partial charge in [-0.1, -0.05) is 18.2 Å². The summed E-state index contributed by atoms with van der Waals surface area (Å²) >= 11 is 1.48. The Balaban J connectivity index is 1.42. The van der Waals surface area contributed by atoms with E-state index in [0.29, 0.717) is 17.8 Å². The van der Waals surface area contributed by atoms with Crippen molar-refractivity contribution in [1.29, 1.82) is 0 Å². The molecule has 1 amide bonds. The number of hydrogen-bond donors (Lipinski definition) is 3. The molecule has 4 N–H and O–H groups in total. The lowest BCUT2D eigenvalue weighted by Gasteiger charge is -2.06. The Kier molecular flexibility index (Phi) is 4.28. The second-order valence-electron chi connectivity index (χ2n) is 5.66.